The van der Waals surface area contributed by atoms with E-state index in [-0.39, 0.29) is 58.1 Å². The van der Waals surface area contributed by atoms with E-state index in [2.05, 4.69) is 89.3 Å². The standard InChI is InChI=1S/C21H25BrClN5O4.2C16H17BrClN5O2/c1-21(2,3)32-20(31)28-9-7-27(8-10-28)19(30)14-6-5-13(11-15(14)23)25-18(29)17-24-12-16(22)26(17)4;2*1-22-13(17)9-20-14(22)15(24)21-10-2-3-11(12(18)8-10)16(25)23-6-4-19-5-7-23/h5-6,11-12H,7-10H2,1-4H3,(H,25,29);2*2-3,8-9,19H,4-7H2,1H3,(H,21,24). The molecule has 9 rings (SSSR count). The molecule has 3 fully saturated rings. The van der Waals surface area contributed by atoms with E-state index < -0.39 is 11.5 Å². The molecule has 0 unspecified atom stereocenters. The van der Waals surface area contributed by atoms with Gasteiger partial charge in [-0.05, 0) is 123 Å². The number of piperazine rings is 3. The van der Waals surface area contributed by atoms with Gasteiger partial charge in [0.15, 0.2) is 17.5 Å². The number of amides is 7. The molecular weight excluding hydrogens is 1320 g/mol. The SMILES string of the molecule is Cn1c(Br)cnc1C(=O)Nc1ccc(C(=O)N2CCN(C(=O)OC(C)(C)C)CC2)c(Cl)c1.Cn1c(Br)cnc1C(=O)Nc1ccc(C(=O)N2CCNCC2)c(Cl)c1.Cn1c(Br)cnc1C(=O)Nc1ccc(C(=O)N2CCNCC2)c(Cl)c1. The Kier molecular flexibility index (Phi) is 21.8. The van der Waals surface area contributed by atoms with Crippen molar-refractivity contribution in [2.24, 2.45) is 21.1 Å². The minimum Gasteiger partial charge on any atom is -0.444 e. The number of halogens is 6. The molecule has 0 spiro atoms. The van der Waals surface area contributed by atoms with Crippen LogP contribution in [0.25, 0.3) is 0 Å². The average molecular weight is 1380 g/mol. The van der Waals surface area contributed by atoms with Crippen molar-refractivity contribution in [3.05, 3.63) is 136 Å². The van der Waals surface area contributed by atoms with Crippen LogP contribution in [0.1, 0.15) is 83.7 Å². The third-order valence-corrected chi connectivity index (χ3v) is 16.0. The van der Waals surface area contributed by atoms with Gasteiger partial charge in [0.05, 0.1) is 50.3 Å². The van der Waals surface area contributed by atoms with Crippen molar-refractivity contribution in [2.45, 2.75) is 26.4 Å². The quantitative estimate of drug-likeness (QED) is 0.0920. The van der Waals surface area contributed by atoms with Crippen LogP contribution in [0.3, 0.4) is 0 Å². The van der Waals surface area contributed by atoms with Gasteiger partial charge in [0, 0.05) is 117 Å². The monoisotopic (exact) mass is 1380 g/mol. The van der Waals surface area contributed by atoms with Crippen molar-refractivity contribution in [1.29, 1.82) is 0 Å². The second-order valence-corrected chi connectivity index (χ2v) is 23.3. The summed E-state index contributed by atoms with van der Waals surface area (Å²) >= 11 is 28.8. The fourth-order valence-corrected chi connectivity index (χ4v) is 9.92. The fourth-order valence-electron chi connectivity index (χ4n) is 8.32. The third-order valence-electron chi connectivity index (χ3n) is 12.8. The minimum atomic E-state index is -0.568. The van der Waals surface area contributed by atoms with E-state index in [9.17, 15) is 33.6 Å². The van der Waals surface area contributed by atoms with E-state index in [0.29, 0.717) is 110 Å². The molecule has 436 valence electrons. The van der Waals surface area contributed by atoms with Crippen molar-refractivity contribution in [3.63, 3.8) is 0 Å². The highest BCUT2D eigenvalue weighted by molar-refractivity contribution is 9.11. The van der Waals surface area contributed by atoms with Crippen molar-refractivity contribution < 1.29 is 38.3 Å². The lowest BCUT2D eigenvalue weighted by atomic mass is 10.1. The van der Waals surface area contributed by atoms with Gasteiger partial charge in [-0.3, -0.25) is 28.8 Å². The van der Waals surface area contributed by atoms with Crippen LogP contribution in [0, 0.1) is 0 Å². The maximum atomic E-state index is 12.9. The summed E-state index contributed by atoms with van der Waals surface area (Å²) in [5.74, 6) is -0.772. The summed E-state index contributed by atoms with van der Waals surface area (Å²) in [4.78, 5) is 106. The van der Waals surface area contributed by atoms with Crippen LogP contribution in [0.15, 0.2) is 87.0 Å². The van der Waals surface area contributed by atoms with Crippen LogP contribution in [0.5, 0.6) is 0 Å². The highest BCUT2D eigenvalue weighted by atomic mass is 79.9. The number of anilines is 3. The summed E-state index contributed by atoms with van der Waals surface area (Å²) in [6.45, 7) is 12.7. The molecule has 0 radical (unpaired) electrons. The van der Waals surface area contributed by atoms with Gasteiger partial charge in [0.2, 0.25) is 0 Å². The first-order valence-corrected chi connectivity index (χ1v) is 29.0. The lowest BCUT2D eigenvalue weighted by Gasteiger charge is -2.35. The van der Waals surface area contributed by atoms with Crippen molar-refractivity contribution in [2.75, 3.05) is 94.5 Å². The molecule has 3 saturated heterocycles. The molecule has 3 aliphatic rings. The van der Waals surface area contributed by atoms with Gasteiger partial charge in [-0.25, -0.2) is 19.7 Å². The van der Waals surface area contributed by atoms with Gasteiger partial charge >= 0.3 is 6.09 Å². The Labute approximate surface area is 513 Å². The van der Waals surface area contributed by atoms with Gasteiger partial charge in [0.25, 0.3) is 35.4 Å². The summed E-state index contributed by atoms with van der Waals surface area (Å²) in [5, 5.41) is 15.4. The number of carbonyl (C=O) groups is 7. The van der Waals surface area contributed by atoms with E-state index in [1.165, 1.54) is 12.3 Å². The lowest BCUT2D eigenvalue weighted by Crippen LogP contribution is -2.51. The zero-order valence-corrected chi connectivity index (χ0v) is 52.4. The maximum absolute atomic E-state index is 12.9. The first-order chi connectivity index (χ1) is 38.9. The predicted octanol–water partition coefficient (Wildman–Crippen LogP) is 8.05. The Morgan fingerprint density at radius 3 is 1.01 bits per heavy atom. The number of benzene rings is 3. The molecular formula is C53H59Br3Cl3N15O8. The summed E-state index contributed by atoms with van der Waals surface area (Å²) in [7, 11) is 5.17. The van der Waals surface area contributed by atoms with E-state index in [0.717, 1.165) is 26.2 Å². The van der Waals surface area contributed by atoms with Crippen molar-refractivity contribution in [1.82, 2.24) is 58.9 Å². The Balaban J connectivity index is 0.000000179. The topological polar surface area (TPSA) is 255 Å². The van der Waals surface area contributed by atoms with E-state index >= 15 is 0 Å². The molecule has 0 aliphatic carbocycles. The number of hydrogen-bond acceptors (Lipinski definition) is 13. The van der Waals surface area contributed by atoms with Gasteiger partial charge in [0.1, 0.15) is 19.4 Å². The lowest BCUT2D eigenvalue weighted by molar-refractivity contribution is 0.0140. The van der Waals surface area contributed by atoms with Crippen molar-refractivity contribution >= 4 is 141 Å². The molecule has 5 N–H and O–H groups in total. The van der Waals surface area contributed by atoms with Gasteiger partial charge in [-0.15, -0.1) is 0 Å². The molecule has 0 saturated carbocycles. The van der Waals surface area contributed by atoms with Crippen LogP contribution < -0.4 is 26.6 Å². The Morgan fingerprint density at radius 2 is 0.756 bits per heavy atom. The summed E-state index contributed by atoms with van der Waals surface area (Å²) in [6.07, 6.45) is 4.25. The molecule has 6 aromatic rings. The number of nitrogens with one attached hydrogen (secondary N) is 5. The van der Waals surface area contributed by atoms with E-state index in [1.54, 1.807) is 115 Å². The van der Waals surface area contributed by atoms with Gasteiger partial charge in [-0.2, -0.15) is 0 Å². The Hall–Kier alpha value is -6.39. The molecule has 3 aliphatic heterocycles. The highest BCUT2D eigenvalue weighted by Crippen LogP contribution is 2.27. The van der Waals surface area contributed by atoms with E-state index in [4.69, 9.17) is 39.5 Å². The van der Waals surface area contributed by atoms with Crippen LogP contribution in [0.2, 0.25) is 15.1 Å². The number of aromatic nitrogens is 6. The van der Waals surface area contributed by atoms with Crippen LogP contribution in [-0.2, 0) is 25.9 Å². The number of carbonyl (C=O) groups excluding carboxylic acids is 7. The first kappa shape index (κ1) is 63.2. The second kappa shape index (κ2) is 28.3. The molecule has 6 heterocycles. The predicted molar refractivity (Wildman–Crippen MR) is 322 cm³/mol. The molecule has 7 amide bonds. The molecule has 82 heavy (non-hydrogen) atoms. The van der Waals surface area contributed by atoms with E-state index in [1.807, 2.05) is 20.8 Å². The van der Waals surface area contributed by atoms with Crippen molar-refractivity contribution in [3.8, 4) is 0 Å². The minimum absolute atomic E-state index is 0.0996. The molecule has 23 nitrogen and oxygen atoms in total. The zero-order chi connectivity index (χ0) is 59.6. The summed E-state index contributed by atoms with van der Waals surface area (Å²) in [5.41, 5.74) is 2.08. The Morgan fingerprint density at radius 1 is 0.476 bits per heavy atom. The second-order valence-electron chi connectivity index (χ2n) is 19.7. The maximum Gasteiger partial charge on any atom is 0.410 e. The van der Waals surface area contributed by atoms with Crippen LogP contribution >= 0.6 is 82.6 Å². The molecule has 0 atom stereocenters. The van der Waals surface area contributed by atoms with Gasteiger partial charge in [-0.1, -0.05) is 34.8 Å². The highest BCUT2D eigenvalue weighted by Gasteiger charge is 2.30. The first-order valence-electron chi connectivity index (χ1n) is 25.5. The molecule has 0 bridgehead atoms. The fraction of sp³-hybridized carbons (Fsp3) is 0.358. The molecule has 29 heteroatoms. The number of ether oxygens (including phenoxy) is 1. The zero-order valence-electron chi connectivity index (χ0n) is 45.4. The third kappa shape index (κ3) is 16.2. The molecule has 3 aromatic heterocycles. The number of imidazole rings is 3. The number of rotatable bonds is 9. The largest absolute Gasteiger partial charge is 0.444 e. The van der Waals surface area contributed by atoms with Gasteiger partial charge < -0.3 is 64.6 Å². The normalized spacial score (nSPS) is 14.4. The number of nitrogens with zero attached hydrogens (tertiary/aromatic N) is 10. The average Bonchev–Trinajstić information content (AvgIpc) is 4.19. The summed E-state index contributed by atoms with van der Waals surface area (Å²) < 4.78 is 12.3. The van der Waals surface area contributed by atoms with Crippen LogP contribution in [-0.4, -0.2) is 174 Å². The van der Waals surface area contributed by atoms with Crippen LogP contribution in [0.4, 0.5) is 21.9 Å². The number of hydrogen-bond donors (Lipinski definition) is 5. The molecule has 3 aromatic carbocycles. The summed E-state index contributed by atoms with van der Waals surface area (Å²) in [6, 6.07) is 14.5. The Bertz CT molecular complexity index is 3230. The smallest absolute Gasteiger partial charge is 0.410 e.